The van der Waals surface area contributed by atoms with Gasteiger partial charge in [0.15, 0.2) is 5.84 Å². The Morgan fingerprint density at radius 1 is 1.45 bits per heavy atom. The number of carbonyl (C=O) groups excluding carboxylic acids is 1. The van der Waals surface area contributed by atoms with Crippen molar-refractivity contribution in [1.82, 2.24) is 5.32 Å². The normalized spacial score (nSPS) is 12.2. The van der Waals surface area contributed by atoms with Crippen LogP contribution in [0.25, 0.3) is 0 Å². The van der Waals surface area contributed by atoms with Gasteiger partial charge in [-0.05, 0) is 31.0 Å². The molecular formula is C13H18ClN3O3. The highest BCUT2D eigenvalue weighted by Gasteiger charge is 2.33. The highest BCUT2D eigenvalue weighted by atomic mass is 35.5. The van der Waals surface area contributed by atoms with Crippen molar-refractivity contribution < 1.29 is 15.1 Å². The number of aromatic hydroxyl groups is 1. The van der Waals surface area contributed by atoms with Crippen LogP contribution in [0.5, 0.6) is 5.75 Å². The number of hydrogen-bond donors (Lipinski definition) is 4. The number of amidine groups is 1. The molecule has 0 aliphatic carbocycles. The number of phenolic OH excluding ortho intramolecular Hbond substituents is 1. The van der Waals surface area contributed by atoms with E-state index in [0.29, 0.717) is 12.8 Å². The Morgan fingerprint density at radius 3 is 2.50 bits per heavy atom. The molecule has 1 rings (SSSR count). The summed E-state index contributed by atoms with van der Waals surface area (Å²) in [7, 11) is 0. The van der Waals surface area contributed by atoms with Crippen molar-refractivity contribution in [2.75, 3.05) is 0 Å². The molecule has 0 radical (unpaired) electrons. The average molecular weight is 300 g/mol. The maximum atomic E-state index is 12.2. The minimum Gasteiger partial charge on any atom is -0.506 e. The fraction of sp³-hybridized carbons (Fsp3) is 0.385. The number of halogens is 1. The van der Waals surface area contributed by atoms with Crippen LogP contribution in [-0.2, 0) is 0 Å². The minimum absolute atomic E-state index is 0.0549. The van der Waals surface area contributed by atoms with E-state index in [-0.39, 0.29) is 22.2 Å². The number of nitrogens with zero attached hydrogens (tertiary/aromatic N) is 1. The first-order valence-corrected chi connectivity index (χ1v) is 6.57. The molecule has 0 spiro atoms. The summed E-state index contributed by atoms with van der Waals surface area (Å²) in [6.07, 6.45) is 0.938. The van der Waals surface area contributed by atoms with Gasteiger partial charge >= 0.3 is 0 Å². The van der Waals surface area contributed by atoms with E-state index >= 15 is 0 Å². The molecule has 0 atom stereocenters. The first-order chi connectivity index (χ1) is 9.40. The molecule has 110 valence electrons. The number of amides is 1. The predicted octanol–water partition coefficient (Wildman–Crippen LogP) is 2.08. The molecule has 0 aliphatic rings. The highest BCUT2D eigenvalue weighted by Crippen LogP contribution is 2.24. The van der Waals surface area contributed by atoms with Gasteiger partial charge in [-0.2, -0.15) is 0 Å². The summed E-state index contributed by atoms with van der Waals surface area (Å²) in [5.41, 5.74) is 5.03. The lowest BCUT2D eigenvalue weighted by Crippen LogP contribution is -2.56. The van der Waals surface area contributed by atoms with E-state index in [9.17, 15) is 9.90 Å². The molecule has 5 N–H and O–H groups in total. The van der Waals surface area contributed by atoms with E-state index < -0.39 is 11.4 Å². The number of oxime groups is 1. The number of hydrogen-bond acceptors (Lipinski definition) is 4. The van der Waals surface area contributed by atoms with Crippen LogP contribution in [0.1, 0.15) is 37.0 Å². The quantitative estimate of drug-likeness (QED) is 0.289. The number of nitrogens with two attached hydrogens (primary N) is 1. The second-order valence-electron chi connectivity index (χ2n) is 4.39. The molecule has 1 amide bonds. The molecule has 1 aromatic rings. The summed E-state index contributed by atoms with van der Waals surface area (Å²) in [6, 6.07) is 4.13. The van der Waals surface area contributed by atoms with Crippen LogP contribution >= 0.6 is 11.6 Å². The topological polar surface area (TPSA) is 108 Å². The first-order valence-electron chi connectivity index (χ1n) is 6.19. The summed E-state index contributed by atoms with van der Waals surface area (Å²) in [5, 5.41) is 24.0. The maximum Gasteiger partial charge on any atom is 0.252 e. The fourth-order valence-corrected chi connectivity index (χ4v) is 2.07. The Kier molecular flexibility index (Phi) is 5.21. The summed E-state index contributed by atoms with van der Waals surface area (Å²) in [4.78, 5) is 12.2. The third-order valence-corrected chi connectivity index (χ3v) is 3.67. The van der Waals surface area contributed by atoms with Crippen molar-refractivity contribution in [3.8, 4) is 5.75 Å². The van der Waals surface area contributed by atoms with Crippen LogP contribution in [0, 0.1) is 0 Å². The second kappa shape index (κ2) is 6.47. The molecule has 0 aliphatic heterocycles. The summed E-state index contributed by atoms with van der Waals surface area (Å²) in [5.74, 6) is -0.570. The molecule has 0 unspecified atom stereocenters. The Bertz CT molecular complexity index is 528. The van der Waals surface area contributed by atoms with Crippen LogP contribution in [0.3, 0.4) is 0 Å². The molecule has 0 saturated carbocycles. The number of benzene rings is 1. The molecule has 0 heterocycles. The van der Waals surface area contributed by atoms with Crippen molar-refractivity contribution in [1.29, 1.82) is 0 Å². The minimum atomic E-state index is -0.920. The predicted molar refractivity (Wildman–Crippen MR) is 77.3 cm³/mol. The van der Waals surface area contributed by atoms with Crippen LogP contribution in [0.15, 0.2) is 23.4 Å². The Labute approximate surface area is 122 Å². The highest BCUT2D eigenvalue weighted by molar-refractivity contribution is 6.32. The molecular weight excluding hydrogens is 282 g/mol. The van der Waals surface area contributed by atoms with Crippen LogP contribution in [-0.4, -0.2) is 27.6 Å². The zero-order chi connectivity index (χ0) is 15.3. The molecule has 1 aromatic carbocycles. The number of nitrogens with one attached hydrogen (secondary N) is 1. The summed E-state index contributed by atoms with van der Waals surface area (Å²) >= 11 is 5.77. The molecule has 0 aromatic heterocycles. The monoisotopic (exact) mass is 299 g/mol. The van der Waals surface area contributed by atoms with Crippen molar-refractivity contribution in [3.05, 3.63) is 28.8 Å². The Morgan fingerprint density at radius 2 is 2.05 bits per heavy atom. The van der Waals surface area contributed by atoms with Gasteiger partial charge in [-0.15, -0.1) is 0 Å². The van der Waals surface area contributed by atoms with Crippen molar-refractivity contribution in [3.63, 3.8) is 0 Å². The van der Waals surface area contributed by atoms with Gasteiger partial charge in [0.2, 0.25) is 0 Å². The van der Waals surface area contributed by atoms with E-state index in [1.807, 2.05) is 13.8 Å². The van der Waals surface area contributed by atoms with Gasteiger partial charge in [-0.25, -0.2) is 0 Å². The number of phenols is 1. The lowest BCUT2D eigenvalue weighted by molar-refractivity contribution is 0.0918. The Balaban J connectivity index is 3.05. The lowest BCUT2D eigenvalue weighted by Gasteiger charge is -2.31. The second-order valence-corrected chi connectivity index (χ2v) is 4.80. The zero-order valence-electron chi connectivity index (χ0n) is 11.4. The van der Waals surface area contributed by atoms with Crippen LogP contribution < -0.4 is 11.1 Å². The smallest absolute Gasteiger partial charge is 0.252 e. The maximum absolute atomic E-state index is 12.2. The standard InChI is InChI=1S/C13H18ClN3O3/c1-3-13(4-2,12(15)17-20)16-11(19)8-5-6-10(18)9(14)7-8/h5-7,18,20H,3-4H2,1-2H3,(H2,15,17)(H,16,19). The fourth-order valence-electron chi connectivity index (χ4n) is 1.89. The van der Waals surface area contributed by atoms with Gasteiger partial charge < -0.3 is 21.4 Å². The van der Waals surface area contributed by atoms with Crippen molar-refractivity contribution >= 4 is 23.3 Å². The van der Waals surface area contributed by atoms with Gasteiger partial charge in [0.25, 0.3) is 5.91 Å². The molecule has 20 heavy (non-hydrogen) atoms. The van der Waals surface area contributed by atoms with Gasteiger partial charge in [0.05, 0.1) is 5.02 Å². The average Bonchev–Trinajstić information content (AvgIpc) is 2.46. The van der Waals surface area contributed by atoms with Gasteiger partial charge in [-0.1, -0.05) is 30.6 Å². The van der Waals surface area contributed by atoms with Gasteiger partial charge in [-0.3, -0.25) is 4.79 Å². The molecule has 0 fully saturated rings. The first kappa shape index (κ1) is 16.1. The van der Waals surface area contributed by atoms with Crippen LogP contribution in [0.2, 0.25) is 5.02 Å². The molecule has 6 nitrogen and oxygen atoms in total. The van der Waals surface area contributed by atoms with E-state index in [2.05, 4.69) is 10.5 Å². The lowest BCUT2D eigenvalue weighted by atomic mass is 9.91. The summed E-state index contributed by atoms with van der Waals surface area (Å²) in [6.45, 7) is 3.65. The van der Waals surface area contributed by atoms with Gasteiger partial charge in [0, 0.05) is 5.56 Å². The van der Waals surface area contributed by atoms with E-state index in [0.717, 1.165) is 0 Å². The summed E-state index contributed by atoms with van der Waals surface area (Å²) < 4.78 is 0. The van der Waals surface area contributed by atoms with E-state index in [1.54, 1.807) is 0 Å². The van der Waals surface area contributed by atoms with Gasteiger partial charge in [0.1, 0.15) is 11.3 Å². The number of carbonyl (C=O) groups is 1. The van der Waals surface area contributed by atoms with E-state index in [4.69, 9.17) is 22.5 Å². The van der Waals surface area contributed by atoms with Crippen molar-refractivity contribution in [2.45, 2.75) is 32.2 Å². The SMILES string of the molecule is CCC(CC)(NC(=O)c1ccc(O)c(Cl)c1)/C(N)=N/O. The molecule has 7 heteroatoms. The van der Waals surface area contributed by atoms with Crippen LogP contribution in [0.4, 0.5) is 0 Å². The largest absolute Gasteiger partial charge is 0.506 e. The third-order valence-electron chi connectivity index (χ3n) is 3.37. The zero-order valence-corrected chi connectivity index (χ0v) is 12.1. The van der Waals surface area contributed by atoms with Crippen molar-refractivity contribution in [2.24, 2.45) is 10.9 Å². The number of rotatable bonds is 5. The third kappa shape index (κ3) is 3.14. The molecule has 0 bridgehead atoms. The molecule has 0 saturated heterocycles. The Hall–Kier alpha value is -1.95. The van der Waals surface area contributed by atoms with E-state index in [1.165, 1.54) is 18.2 Å².